The molecule has 68 valence electrons. The Labute approximate surface area is 66.2 Å². The van der Waals surface area contributed by atoms with Gasteiger partial charge in [-0.05, 0) is 27.7 Å². The van der Waals surface area contributed by atoms with Crippen LogP contribution in [0.15, 0.2) is 0 Å². The van der Waals surface area contributed by atoms with Crippen LogP contribution in [-0.4, -0.2) is 16.8 Å². The Morgan fingerprint density at radius 1 is 1.09 bits per heavy atom. The molecule has 0 aliphatic rings. The van der Waals surface area contributed by atoms with E-state index in [0.717, 1.165) is 4.67 Å². The van der Waals surface area contributed by atoms with Gasteiger partial charge in [0.25, 0.3) is 0 Å². The largest absolute Gasteiger partial charge is 0.483 e. The van der Waals surface area contributed by atoms with E-state index in [1.165, 1.54) is 0 Å². The summed E-state index contributed by atoms with van der Waals surface area (Å²) in [7, 11) is -5.05. The lowest BCUT2D eigenvalue weighted by Crippen LogP contribution is -2.31. The summed E-state index contributed by atoms with van der Waals surface area (Å²) in [6.07, 6.45) is 0. The van der Waals surface area contributed by atoms with Gasteiger partial charge in [0.2, 0.25) is 0 Å². The third-order valence-electron chi connectivity index (χ3n) is 1.33. The van der Waals surface area contributed by atoms with Gasteiger partial charge in [0.05, 0.1) is 0 Å². The van der Waals surface area contributed by atoms with Crippen LogP contribution in [0.2, 0.25) is 0 Å². The van der Waals surface area contributed by atoms with Crippen LogP contribution < -0.4 is 0 Å². The second-order valence-electron chi connectivity index (χ2n) is 3.00. The molecule has 0 saturated carbocycles. The third kappa shape index (κ3) is 3.30. The molecule has 0 atom stereocenters. The molecular weight excluding hydrogens is 171 g/mol. The highest BCUT2D eigenvalue weighted by molar-refractivity contribution is 7.50. The van der Waals surface area contributed by atoms with Crippen molar-refractivity contribution in [2.45, 2.75) is 39.8 Å². The van der Waals surface area contributed by atoms with Crippen LogP contribution in [0.3, 0.4) is 0 Å². The molecule has 5 heteroatoms. The van der Waals surface area contributed by atoms with Crippen molar-refractivity contribution >= 4 is 7.91 Å². The highest BCUT2D eigenvalue weighted by atomic mass is 31.2. The molecule has 0 aliphatic heterocycles. The SMILES string of the molecule is CC(C)N(C(C)C)P(=O)(F)F. The molecule has 0 rings (SSSR count). The summed E-state index contributed by atoms with van der Waals surface area (Å²) in [6.45, 7) is 6.41. The molecule has 0 amide bonds. The first-order valence-corrected chi connectivity index (χ1v) is 4.99. The van der Waals surface area contributed by atoms with Crippen molar-refractivity contribution in [2.75, 3.05) is 0 Å². The van der Waals surface area contributed by atoms with E-state index in [0.29, 0.717) is 0 Å². The van der Waals surface area contributed by atoms with Crippen LogP contribution in [0.4, 0.5) is 8.39 Å². The molecule has 0 N–H and O–H groups in total. The smallest absolute Gasteiger partial charge is 0.231 e. The van der Waals surface area contributed by atoms with Gasteiger partial charge in [0.15, 0.2) is 0 Å². The van der Waals surface area contributed by atoms with Crippen molar-refractivity contribution in [1.29, 1.82) is 0 Å². The standard InChI is InChI=1S/C6H14F2NOP/c1-5(2)9(6(3)4)11(7,8)10/h5-6H,1-4H3. The molecule has 0 aromatic heterocycles. The van der Waals surface area contributed by atoms with Gasteiger partial charge >= 0.3 is 7.91 Å². The molecule has 0 aromatic rings. The van der Waals surface area contributed by atoms with E-state index in [2.05, 4.69) is 0 Å². The first-order chi connectivity index (χ1) is 4.76. The van der Waals surface area contributed by atoms with E-state index >= 15 is 0 Å². The molecule has 0 fully saturated rings. The van der Waals surface area contributed by atoms with Crippen molar-refractivity contribution < 1.29 is 13.0 Å². The maximum Gasteiger partial charge on any atom is 0.483 e. The number of halogens is 2. The molecule has 0 heterocycles. The zero-order chi connectivity index (χ0) is 9.23. The fourth-order valence-corrected chi connectivity index (χ4v) is 2.21. The lowest BCUT2D eigenvalue weighted by Gasteiger charge is -2.27. The van der Waals surface area contributed by atoms with E-state index in [1.54, 1.807) is 27.7 Å². The quantitative estimate of drug-likeness (QED) is 0.629. The van der Waals surface area contributed by atoms with Crippen molar-refractivity contribution in [3.63, 3.8) is 0 Å². The predicted octanol–water partition coefficient (Wildman–Crippen LogP) is 3.15. The summed E-state index contributed by atoms with van der Waals surface area (Å²) >= 11 is 0. The molecule has 0 saturated heterocycles. The maximum absolute atomic E-state index is 12.4. The summed E-state index contributed by atoms with van der Waals surface area (Å²) in [6, 6.07) is -0.758. The minimum atomic E-state index is -5.05. The zero-order valence-corrected chi connectivity index (χ0v) is 8.11. The number of rotatable bonds is 3. The normalized spacial score (nSPS) is 13.5. The Hall–Kier alpha value is 0.0500. The Kier molecular flexibility index (Phi) is 3.65. The molecule has 11 heavy (non-hydrogen) atoms. The molecule has 0 unspecified atom stereocenters. The molecule has 0 aromatic carbocycles. The summed E-state index contributed by atoms with van der Waals surface area (Å²) in [5.74, 6) is 0. The van der Waals surface area contributed by atoms with Gasteiger partial charge in [-0.2, -0.15) is 4.67 Å². The van der Waals surface area contributed by atoms with Gasteiger partial charge in [-0.1, -0.05) is 0 Å². The Morgan fingerprint density at radius 3 is 1.36 bits per heavy atom. The van der Waals surface area contributed by atoms with Crippen molar-refractivity contribution in [1.82, 2.24) is 4.67 Å². The van der Waals surface area contributed by atoms with Crippen LogP contribution in [-0.2, 0) is 4.57 Å². The molecule has 0 radical (unpaired) electrons. The van der Waals surface area contributed by atoms with Crippen LogP contribution in [0, 0.1) is 0 Å². The Morgan fingerprint density at radius 2 is 1.36 bits per heavy atom. The van der Waals surface area contributed by atoms with Crippen LogP contribution in [0.5, 0.6) is 0 Å². The fourth-order valence-electron chi connectivity index (χ4n) is 1.13. The minimum Gasteiger partial charge on any atom is -0.231 e. The van der Waals surface area contributed by atoms with Gasteiger partial charge in [0.1, 0.15) is 0 Å². The molecule has 2 nitrogen and oxygen atoms in total. The molecule has 0 aliphatic carbocycles. The second kappa shape index (κ2) is 3.63. The monoisotopic (exact) mass is 185 g/mol. The van der Waals surface area contributed by atoms with E-state index in [-0.39, 0.29) is 12.1 Å². The van der Waals surface area contributed by atoms with Crippen LogP contribution in [0.1, 0.15) is 27.7 Å². The summed E-state index contributed by atoms with van der Waals surface area (Å²) < 4.78 is 35.9. The summed E-state index contributed by atoms with van der Waals surface area (Å²) in [4.78, 5) is 0. The Balaban J connectivity index is 4.49. The lowest BCUT2D eigenvalue weighted by molar-refractivity contribution is 0.260. The van der Waals surface area contributed by atoms with Gasteiger partial charge in [-0.15, -0.1) is 8.39 Å². The molecule has 0 bridgehead atoms. The van der Waals surface area contributed by atoms with Crippen molar-refractivity contribution in [2.24, 2.45) is 0 Å². The number of nitrogens with zero attached hydrogens (tertiary/aromatic N) is 1. The maximum atomic E-state index is 12.4. The number of hydrogen-bond acceptors (Lipinski definition) is 1. The summed E-state index contributed by atoms with van der Waals surface area (Å²) in [5.41, 5.74) is 0. The van der Waals surface area contributed by atoms with E-state index in [9.17, 15) is 13.0 Å². The topological polar surface area (TPSA) is 20.3 Å². The van der Waals surface area contributed by atoms with E-state index in [4.69, 9.17) is 0 Å². The van der Waals surface area contributed by atoms with Gasteiger partial charge in [-0.3, -0.25) is 0 Å². The highest BCUT2D eigenvalue weighted by Crippen LogP contribution is 2.55. The van der Waals surface area contributed by atoms with Crippen LogP contribution in [0.25, 0.3) is 0 Å². The molecular formula is C6H14F2NOP. The van der Waals surface area contributed by atoms with Gasteiger partial charge in [-0.25, -0.2) is 4.57 Å². The third-order valence-corrected chi connectivity index (χ3v) is 2.79. The fraction of sp³-hybridized carbons (Fsp3) is 1.00. The van der Waals surface area contributed by atoms with E-state index < -0.39 is 7.91 Å². The molecule has 0 spiro atoms. The van der Waals surface area contributed by atoms with Gasteiger partial charge < -0.3 is 0 Å². The van der Waals surface area contributed by atoms with Crippen molar-refractivity contribution in [3.05, 3.63) is 0 Å². The average molecular weight is 185 g/mol. The minimum absolute atomic E-state index is 0.379. The Bertz CT molecular complexity index is 158. The second-order valence-corrected chi connectivity index (χ2v) is 4.33. The van der Waals surface area contributed by atoms with E-state index in [1.807, 2.05) is 0 Å². The average Bonchev–Trinajstić information content (AvgIpc) is 1.54. The lowest BCUT2D eigenvalue weighted by atomic mass is 10.3. The first kappa shape index (κ1) is 11.1. The highest BCUT2D eigenvalue weighted by Gasteiger charge is 2.34. The number of hydrogen-bond donors (Lipinski definition) is 0. The predicted molar refractivity (Wildman–Crippen MR) is 41.9 cm³/mol. The van der Waals surface area contributed by atoms with Crippen molar-refractivity contribution in [3.8, 4) is 0 Å². The van der Waals surface area contributed by atoms with Gasteiger partial charge in [0, 0.05) is 12.1 Å². The zero-order valence-electron chi connectivity index (χ0n) is 7.21. The van der Waals surface area contributed by atoms with Crippen LogP contribution >= 0.6 is 7.91 Å². The summed E-state index contributed by atoms with van der Waals surface area (Å²) in [5, 5.41) is 0. The first-order valence-electron chi connectivity index (χ1n) is 3.55.